The summed E-state index contributed by atoms with van der Waals surface area (Å²) in [7, 11) is 0. The van der Waals surface area contributed by atoms with Crippen LogP contribution in [-0.4, -0.2) is 24.4 Å². The van der Waals surface area contributed by atoms with Crippen LogP contribution in [0.2, 0.25) is 0 Å². The minimum Gasteiger partial charge on any atom is -0.463 e. The normalized spacial score (nSPS) is 14.5. The Bertz CT molecular complexity index is 518. The first kappa shape index (κ1) is 19.1. The molecule has 0 aliphatic rings. The summed E-state index contributed by atoms with van der Waals surface area (Å²) >= 11 is 0. The Hall–Kier alpha value is -1.99. The van der Waals surface area contributed by atoms with Crippen molar-refractivity contribution >= 4 is 5.97 Å². The number of benzene rings is 1. The average Bonchev–Trinajstić information content (AvgIpc) is 2.57. The smallest absolute Gasteiger partial charge is 0.311 e. The number of rotatable bonds is 9. The summed E-state index contributed by atoms with van der Waals surface area (Å²) in [5, 5.41) is 15.3. The molecule has 1 aromatic rings. The van der Waals surface area contributed by atoms with Gasteiger partial charge in [0, 0.05) is 5.56 Å². The van der Waals surface area contributed by atoms with Gasteiger partial charge in [0.05, 0.1) is 17.3 Å². The molecule has 7 nitrogen and oxygen atoms in total. The van der Waals surface area contributed by atoms with Crippen molar-refractivity contribution in [1.82, 2.24) is 0 Å². The van der Waals surface area contributed by atoms with Gasteiger partial charge in [-0.05, 0) is 27.2 Å². The van der Waals surface area contributed by atoms with Crippen molar-refractivity contribution in [3.63, 3.8) is 0 Å². The molecule has 128 valence electrons. The number of hydrogen-bond acceptors (Lipinski definition) is 7. The van der Waals surface area contributed by atoms with E-state index in [0.717, 1.165) is 5.56 Å². The van der Waals surface area contributed by atoms with Crippen LogP contribution < -0.4 is 0 Å². The van der Waals surface area contributed by atoms with Crippen LogP contribution in [0.25, 0.3) is 0 Å². The zero-order valence-electron chi connectivity index (χ0n) is 14.0. The van der Waals surface area contributed by atoms with Gasteiger partial charge in [-0.25, -0.2) is 4.99 Å². The van der Waals surface area contributed by atoms with Crippen molar-refractivity contribution in [1.29, 1.82) is 0 Å². The fourth-order valence-electron chi connectivity index (χ4n) is 1.73. The molecule has 1 N–H and O–H groups in total. The third-order valence-electron chi connectivity index (χ3n) is 3.71. The number of ether oxygens (including phenoxy) is 2. The molecule has 1 atom stereocenters. The monoisotopic (exact) mass is 324 g/mol. The summed E-state index contributed by atoms with van der Waals surface area (Å²) in [5.74, 6) is -0.273. The van der Waals surface area contributed by atoms with Gasteiger partial charge in [0.25, 0.3) is 0 Å². The number of carbonyl (C=O) groups excluding carboxylic acids is 1. The van der Waals surface area contributed by atoms with Gasteiger partial charge >= 0.3 is 5.97 Å². The van der Waals surface area contributed by atoms with Crippen molar-refractivity contribution in [2.75, 3.05) is 13.2 Å². The highest BCUT2D eigenvalue weighted by atomic mass is 17.2. The van der Waals surface area contributed by atoms with E-state index in [9.17, 15) is 4.79 Å². The van der Waals surface area contributed by atoms with Gasteiger partial charge in [0.15, 0.2) is 0 Å². The molecule has 0 spiro atoms. The SMILES string of the molecule is CCC(C)(C)C(=O)OCCOC(C)(/N=N\OO)c1ccccc1. The number of carbonyl (C=O) groups is 1. The molecule has 0 saturated carbocycles. The molecule has 0 radical (unpaired) electrons. The summed E-state index contributed by atoms with van der Waals surface area (Å²) in [6.45, 7) is 7.48. The van der Waals surface area contributed by atoms with Crippen molar-refractivity contribution in [2.45, 2.75) is 39.8 Å². The predicted molar refractivity (Wildman–Crippen MR) is 83.3 cm³/mol. The van der Waals surface area contributed by atoms with Gasteiger partial charge in [-0.15, -0.1) is 5.11 Å². The molecule has 0 aliphatic carbocycles. The summed E-state index contributed by atoms with van der Waals surface area (Å²) in [6, 6.07) is 9.13. The molecule has 0 aromatic heterocycles. The Morgan fingerprint density at radius 2 is 1.83 bits per heavy atom. The highest BCUT2D eigenvalue weighted by Gasteiger charge is 2.29. The Labute approximate surface area is 136 Å². The second kappa shape index (κ2) is 8.59. The van der Waals surface area contributed by atoms with E-state index in [1.165, 1.54) is 0 Å². The fourth-order valence-corrected chi connectivity index (χ4v) is 1.73. The van der Waals surface area contributed by atoms with Crippen LogP contribution in [0.1, 0.15) is 39.7 Å². The van der Waals surface area contributed by atoms with Crippen molar-refractivity contribution in [3.05, 3.63) is 35.9 Å². The lowest BCUT2D eigenvalue weighted by Crippen LogP contribution is -2.29. The molecule has 0 heterocycles. The molecule has 0 fully saturated rings. The molecule has 23 heavy (non-hydrogen) atoms. The van der Waals surface area contributed by atoms with E-state index in [-0.39, 0.29) is 19.2 Å². The van der Waals surface area contributed by atoms with Crippen LogP contribution in [-0.2, 0) is 25.0 Å². The number of nitrogens with zero attached hydrogens (tertiary/aromatic N) is 2. The van der Waals surface area contributed by atoms with Crippen molar-refractivity contribution < 1.29 is 24.5 Å². The van der Waals surface area contributed by atoms with Gasteiger partial charge < -0.3 is 9.47 Å². The first-order valence-corrected chi connectivity index (χ1v) is 7.45. The van der Waals surface area contributed by atoms with E-state index in [4.69, 9.17) is 14.7 Å². The molecular weight excluding hydrogens is 300 g/mol. The van der Waals surface area contributed by atoms with E-state index < -0.39 is 11.1 Å². The molecule has 1 rings (SSSR count). The minimum atomic E-state index is -1.16. The predicted octanol–water partition coefficient (Wildman–Crippen LogP) is 3.71. The van der Waals surface area contributed by atoms with Crippen molar-refractivity contribution in [3.8, 4) is 0 Å². The van der Waals surface area contributed by atoms with E-state index in [1.54, 1.807) is 6.92 Å². The van der Waals surface area contributed by atoms with E-state index in [0.29, 0.717) is 6.42 Å². The van der Waals surface area contributed by atoms with Crippen molar-refractivity contribution in [2.24, 2.45) is 15.8 Å². The van der Waals surface area contributed by atoms with Gasteiger partial charge in [0.1, 0.15) is 6.61 Å². The lowest BCUT2D eigenvalue weighted by atomic mass is 9.91. The molecule has 0 aliphatic heterocycles. The average molecular weight is 324 g/mol. The Balaban J connectivity index is 2.63. The van der Waals surface area contributed by atoms with Gasteiger partial charge in [-0.2, -0.15) is 5.26 Å². The molecule has 1 unspecified atom stereocenters. The van der Waals surface area contributed by atoms with Crippen LogP contribution >= 0.6 is 0 Å². The van der Waals surface area contributed by atoms with E-state index in [1.807, 2.05) is 51.1 Å². The Kier molecular flexibility index (Phi) is 7.12. The molecule has 0 saturated heterocycles. The standard InChI is InChI=1S/C16H24N2O5/c1-5-15(2,3)14(19)21-11-12-22-16(4,17-18-23-20)13-9-7-6-8-10-13/h6-10,20H,5,11-12H2,1-4H3/b18-17-. The fraction of sp³-hybridized carbons (Fsp3) is 0.562. The second-order valence-electron chi connectivity index (χ2n) is 5.83. The molecule has 7 heteroatoms. The molecular formula is C16H24N2O5. The van der Waals surface area contributed by atoms with Crippen LogP contribution in [0, 0.1) is 5.41 Å². The maximum absolute atomic E-state index is 11.9. The van der Waals surface area contributed by atoms with Gasteiger partial charge in [0.2, 0.25) is 5.72 Å². The number of hydrogen-bond donors (Lipinski definition) is 1. The Morgan fingerprint density at radius 1 is 1.17 bits per heavy atom. The highest BCUT2D eigenvalue weighted by Crippen LogP contribution is 2.27. The second-order valence-corrected chi connectivity index (χ2v) is 5.83. The van der Waals surface area contributed by atoms with Crippen LogP contribution in [0.3, 0.4) is 0 Å². The third kappa shape index (κ3) is 5.61. The summed E-state index contributed by atoms with van der Waals surface area (Å²) in [5.41, 5.74) is -0.954. The largest absolute Gasteiger partial charge is 0.463 e. The number of esters is 1. The van der Waals surface area contributed by atoms with Crippen LogP contribution in [0.4, 0.5) is 0 Å². The summed E-state index contributed by atoms with van der Waals surface area (Å²) in [6.07, 6.45) is 0.691. The maximum atomic E-state index is 11.9. The molecule has 0 amide bonds. The Morgan fingerprint density at radius 3 is 2.39 bits per heavy atom. The third-order valence-corrected chi connectivity index (χ3v) is 3.71. The first-order valence-electron chi connectivity index (χ1n) is 7.45. The lowest BCUT2D eigenvalue weighted by Gasteiger charge is -2.25. The van der Waals surface area contributed by atoms with E-state index in [2.05, 4.69) is 15.4 Å². The lowest BCUT2D eigenvalue weighted by molar-refractivity contribution is -0.256. The van der Waals surface area contributed by atoms with Gasteiger partial charge in [-0.1, -0.05) is 37.3 Å². The minimum absolute atomic E-state index is 0.0974. The summed E-state index contributed by atoms with van der Waals surface area (Å²) < 4.78 is 10.9. The van der Waals surface area contributed by atoms with E-state index >= 15 is 0 Å². The molecule has 0 bridgehead atoms. The van der Waals surface area contributed by atoms with Crippen LogP contribution in [0.5, 0.6) is 0 Å². The zero-order valence-corrected chi connectivity index (χ0v) is 14.0. The summed E-state index contributed by atoms with van der Waals surface area (Å²) in [4.78, 5) is 15.5. The maximum Gasteiger partial charge on any atom is 0.311 e. The van der Waals surface area contributed by atoms with Gasteiger partial charge in [-0.3, -0.25) is 4.79 Å². The van der Waals surface area contributed by atoms with Crippen LogP contribution in [0.15, 0.2) is 40.7 Å². The first-order chi connectivity index (χ1) is 10.9. The zero-order chi connectivity index (χ0) is 17.3. The molecule has 1 aromatic carbocycles. The quantitative estimate of drug-likeness (QED) is 0.246. The highest BCUT2D eigenvalue weighted by molar-refractivity contribution is 5.75. The topological polar surface area (TPSA) is 89.7 Å².